The van der Waals surface area contributed by atoms with Crippen molar-refractivity contribution in [1.82, 2.24) is 15.5 Å². The van der Waals surface area contributed by atoms with E-state index in [2.05, 4.69) is 67.6 Å². The van der Waals surface area contributed by atoms with Gasteiger partial charge in [0.2, 0.25) is 0 Å². The van der Waals surface area contributed by atoms with Gasteiger partial charge in [0.25, 0.3) is 0 Å². The van der Waals surface area contributed by atoms with E-state index in [-0.39, 0.29) is 0 Å². The molecule has 5 heteroatoms. The van der Waals surface area contributed by atoms with Gasteiger partial charge in [-0.15, -0.1) is 0 Å². The molecule has 1 rings (SSSR count). The zero-order valence-corrected chi connectivity index (χ0v) is 16.6. The fourth-order valence-electron chi connectivity index (χ4n) is 2.49. The highest BCUT2D eigenvalue weighted by Crippen LogP contribution is 2.15. The molecule has 0 fully saturated rings. The van der Waals surface area contributed by atoms with Crippen molar-refractivity contribution in [3.8, 4) is 0 Å². The van der Waals surface area contributed by atoms with Gasteiger partial charge in [-0.1, -0.05) is 36.8 Å². The van der Waals surface area contributed by atoms with Crippen molar-refractivity contribution in [3.05, 3.63) is 35.4 Å². The fourth-order valence-corrected chi connectivity index (χ4v) is 2.49. The Morgan fingerprint density at radius 2 is 1.92 bits per heavy atom. The molecule has 2 N–H and O–H groups in total. The third-order valence-electron chi connectivity index (χ3n) is 4.20. The molecule has 0 spiro atoms. The maximum absolute atomic E-state index is 5.10. The number of methoxy groups -OCH3 is 1. The van der Waals surface area contributed by atoms with E-state index in [1.807, 2.05) is 0 Å². The summed E-state index contributed by atoms with van der Waals surface area (Å²) in [5.74, 6) is 1.32. The van der Waals surface area contributed by atoms with E-state index in [0.29, 0.717) is 5.92 Å². The molecule has 142 valence electrons. The summed E-state index contributed by atoms with van der Waals surface area (Å²) < 4.78 is 5.10. The maximum Gasteiger partial charge on any atom is 0.191 e. The number of nitrogens with one attached hydrogen (secondary N) is 2. The van der Waals surface area contributed by atoms with Gasteiger partial charge in [0.05, 0.1) is 6.61 Å². The van der Waals surface area contributed by atoms with Gasteiger partial charge < -0.3 is 20.3 Å². The van der Waals surface area contributed by atoms with Gasteiger partial charge in [-0.25, -0.2) is 0 Å². The molecule has 1 aromatic rings. The molecule has 0 saturated carbocycles. The minimum atomic E-state index is 0.413. The Morgan fingerprint density at radius 3 is 2.56 bits per heavy atom. The summed E-state index contributed by atoms with van der Waals surface area (Å²) in [5.41, 5.74) is 2.63. The molecule has 0 aliphatic rings. The summed E-state index contributed by atoms with van der Waals surface area (Å²) in [6, 6.07) is 8.73. The van der Waals surface area contributed by atoms with E-state index in [4.69, 9.17) is 9.73 Å². The lowest BCUT2D eigenvalue weighted by Crippen LogP contribution is -2.39. The van der Waals surface area contributed by atoms with Gasteiger partial charge in [-0.3, -0.25) is 4.99 Å². The molecule has 1 aromatic carbocycles. The largest absolute Gasteiger partial charge is 0.383 e. The van der Waals surface area contributed by atoms with Crippen LogP contribution in [0.15, 0.2) is 29.3 Å². The zero-order valence-electron chi connectivity index (χ0n) is 16.6. The lowest BCUT2D eigenvalue weighted by atomic mass is 10.0. The molecular formula is C20H36N4O. The lowest BCUT2D eigenvalue weighted by Gasteiger charge is -2.17. The molecule has 0 aliphatic carbocycles. The average molecular weight is 349 g/mol. The summed E-state index contributed by atoms with van der Waals surface area (Å²) in [5, 5.41) is 6.76. The maximum atomic E-state index is 5.10. The second-order valence-corrected chi connectivity index (χ2v) is 6.61. The quantitative estimate of drug-likeness (QED) is 0.367. The number of aliphatic imine (C=N–C) groups is 1. The number of likely N-dealkylation sites (N-methyl/N-ethyl adjacent to an activating group) is 1. The molecule has 25 heavy (non-hydrogen) atoms. The van der Waals surface area contributed by atoms with Crippen LogP contribution < -0.4 is 10.6 Å². The molecule has 1 unspecified atom stereocenters. The first kappa shape index (κ1) is 21.5. The molecule has 0 heterocycles. The molecule has 1 atom stereocenters. The van der Waals surface area contributed by atoms with Crippen LogP contribution in [0, 0.1) is 6.92 Å². The van der Waals surface area contributed by atoms with E-state index in [0.717, 1.165) is 51.7 Å². The van der Waals surface area contributed by atoms with Gasteiger partial charge in [0, 0.05) is 39.2 Å². The van der Waals surface area contributed by atoms with Gasteiger partial charge >= 0.3 is 0 Å². The highest BCUT2D eigenvalue weighted by atomic mass is 16.5. The topological polar surface area (TPSA) is 48.9 Å². The number of benzene rings is 1. The monoisotopic (exact) mass is 348 g/mol. The predicted molar refractivity (Wildman–Crippen MR) is 108 cm³/mol. The normalized spacial score (nSPS) is 13.1. The minimum absolute atomic E-state index is 0.413. The number of hydrogen-bond acceptors (Lipinski definition) is 3. The summed E-state index contributed by atoms with van der Waals surface area (Å²) in [6.45, 7) is 11.8. The standard InChI is InChI=1S/C20H36N4O/c1-6-21-20(22-12-7-13-24(4)14-15-25-5)23-16-18(3)19-10-8-17(2)9-11-19/h8-11,18H,6-7,12-16H2,1-5H3,(H2,21,22,23). The van der Waals surface area contributed by atoms with Gasteiger partial charge in [0.1, 0.15) is 0 Å². The molecule has 0 radical (unpaired) electrons. The Labute approximate surface area is 153 Å². The van der Waals surface area contributed by atoms with Crippen LogP contribution in [0.1, 0.15) is 37.3 Å². The Bertz CT molecular complexity index is 487. The van der Waals surface area contributed by atoms with Gasteiger partial charge in [-0.2, -0.15) is 0 Å². The highest BCUT2D eigenvalue weighted by molar-refractivity contribution is 5.79. The van der Waals surface area contributed by atoms with Gasteiger partial charge in [0.15, 0.2) is 5.96 Å². The van der Waals surface area contributed by atoms with Crippen molar-refractivity contribution < 1.29 is 4.74 Å². The molecule has 0 bridgehead atoms. The first-order chi connectivity index (χ1) is 12.1. The predicted octanol–water partition coefficient (Wildman–Crippen LogP) is 2.62. The number of nitrogens with zero attached hydrogens (tertiary/aromatic N) is 2. The number of rotatable bonds is 11. The van der Waals surface area contributed by atoms with E-state index >= 15 is 0 Å². The smallest absolute Gasteiger partial charge is 0.191 e. The molecule has 0 aromatic heterocycles. The molecule has 0 amide bonds. The second kappa shape index (κ2) is 12.7. The van der Waals surface area contributed by atoms with Crippen LogP contribution in [0.4, 0.5) is 0 Å². The summed E-state index contributed by atoms with van der Waals surface area (Å²) in [7, 11) is 3.87. The highest BCUT2D eigenvalue weighted by Gasteiger charge is 2.05. The molecule has 0 saturated heterocycles. The lowest BCUT2D eigenvalue weighted by molar-refractivity contribution is 0.161. The molecular weight excluding hydrogens is 312 g/mol. The van der Waals surface area contributed by atoms with E-state index in [1.54, 1.807) is 7.11 Å². The van der Waals surface area contributed by atoms with Crippen molar-refractivity contribution in [1.29, 1.82) is 0 Å². The Morgan fingerprint density at radius 1 is 1.20 bits per heavy atom. The van der Waals surface area contributed by atoms with Gasteiger partial charge in [-0.05, 0) is 39.4 Å². The summed E-state index contributed by atoms with van der Waals surface area (Å²) >= 11 is 0. The van der Waals surface area contributed by atoms with Crippen LogP contribution in [0.5, 0.6) is 0 Å². The van der Waals surface area contributed by atoms with Crippen LogP contribution in [-0.2, 0) is 4.74 Å². The van der Waals surface area contributed by atoms with E-state index in [9.17, 15) is 0 Å². The molecule has 0 aliphatic heterocycles. The van der Waals surface area contributed by atoms with E-state index < -0.39 is 0 Å². The zero-order chi connectivity index (χ0) is 18.5. The Kier molecular flexibility index (Phi) is 10.9. The van der Waals surface area contributed by atoms with Crippen LogP contribution >= 0.6 is 0 Å². The minimum Gasteiger partial charge on any atom is -0.383 e. The number of aryl methyl sites for hydroxylation is 1. The summed E-state index contributed by atoms with van der Waals surface area (Å²) in [6.07, 6.45) is 1.08. The number of hydrogen-bond donors (Lipinski definition) is 2. The van der Waals surface area contributed by atoms with Crippen LogP contribution in [0.2, 0.25) is 0 Å². The van der Waals surface area contributed by atoms with Crippen molar-refractivity contribution >= 4 is 5.96 Å². The van der Waals surface area contributed by atoms with Crippen molar-refractivity contribution in [3.63, 3.8) is 0 Å². The number of guanidine groups is 1. The van der Waals surface area contributed by atoms with Crippen molar-refractivity contribution in [2.45, 2.75) is 33.1 Å². The van der Waals surface area contributed by atoms with Crippen LogP contribution in [0.3, 0.4) is 0 Å². The second-order valence-electron chi connectivity index (χ2n) is 6.61. The molecule has 5 nitrogen and oxygen atoms in total. The Hall–Kier alpha value is -1.59. The first-order valence-electron chi connectivity index (χ1n) is 9.33. The Balaban J connectivity index is 2.38. The summed E-state index contributed by atoms with van der Waals surface area (Å²) in [4.78, 5) is 7.03. The first-order valence-corrected chi connectivity index (χ1v) is 9.33. The third kappa shape index (κ3) is 9.46. The van der Waals surface area contributed by atoms with Crippen LogP contribution in [0.25, 0.3) is 0 Å². The van der Waals surface area contributed by atoms with Crippen molar-refractivity contribution in [2.24, 2.45) is 4.99 Å². The SMILES string of the molecule is CCNC(=NCC(C)c1ccc(C)cc1)NCCCN(C)CCOC. The fraction of sp³-hybridized carbons (Fsp3) is 0.650. The van der Waals surface area contributed by atoms with Crippen molar-refractivity contribution in [2.75, 3.05) is 53.5 Å². The average Bonchev–Trinajstić information content (AvgIpc) is 2.61. The van der Waals surface area contributed by atoms with E-state index in [1.165, 1.54) is 11.1 Å². The van der Waals surface area contributed by atoms with Crippen LogP contribution in [-0.4, -0.2) is 64.3 Å². The third-order valence-corrected chi connectivity index (χ3v) is 4.20. The number of ether oxygens (including phenoxy) is 1.